The molecule has 1 aliphatic carbocycles. The lowest BCUT2D eigenvalue weighted by Crippen LogP contribution is -2.39. The minimum absolute atomic E-state index is 0.0116. The summed E-state index contributed by atoms with van der Waals surface area (Å²) in [7, 11) is 0. The van der Waals surface area contributed by atoms with Crippen LogP contribution in [0.5, 0.6) is 0 Å². The quantitative estimate of drug-likeness (QED) is 0.662. The number of hydrogen-bond donors (Lipinski definition) is 1. The number of nitrogens with two attached hydrogens (primary N) is 1. The van der Waals surface area contributed by atoms with E-state index in [2.05, 4.69) is 0 Å². The van der Waals surface area contributed by atoms with Gasteiger partial charge in [0, 0.05) is 11.7 Å². The summed E-state index contributed by atoms with van der Waals surface area (Å²) in [4.78, 5) is 0. The highest BCUT2D eigenvalue weighted by molar-refractivity contribution is 8.00. The Morgan fingerprint density at radius 3 is 2.45 bits per heavy atom. The highest BCUT2D eigenvalue weighted by Gasteiger charge is 2.72. The Morgan fingerprint density at radius 2 is 2.09 bits per heavy atom. The third-order valence-electron chi connectivity index (χ3n) is 2.57. The molecule has 4 heteroatoms. The molecular formula is C7H11F2NS. The van der Waals surface area contributed by atoms with Crippen molar-refractivity contribution in [2.24, 2.45) is 5.73 Å². The number of alkyl halides is 2. The summed E-state index contributed by atoms with van der Waals surface area (Å²) >= 11 is 1.61. The molecule has 0 aromatic heterocycles. The molecule has 0 radical (unpaired) electrons. The predicted molar refractivity (Wildman–Crippen MR) is 42.0 cm³/mol. The Balaban J connectivity index is 2.06. The van der Waals surface area contributed by atoms with Gasteiger partial charge in [-0.2, -0.15) is 11.8 Å². The third kappa shape index (κ3) is 0.991. The highest BCUT2D eigenvalue weighted by atomic mass is 32.2. The van der Waals surface area contributed by atoms with Crippen LogP contribution in [0.2, 0.25) is 0 Å². The summed E-state index contributed by atoms with van der Waals surface area (Å²) in [5.41, 5.74) is 4.41. The van der Waals surface area contributed by atoms with Gasteiger partial charge in [-0.15, -0.1) is 0 Å². The molecule has 1 heterocycles. The largest absolute Gasteiger partial charge is 0.319 e. The van der Waals surface area contributed by atoms with Crippen LogP contribution < -0.4 is 5.73 Å². The summed E-state index contributed by atoms with van der Waals surface area (Å²) in [5, 5.41) is 0.0116. The van der Waals surface area contributed by atoms with E-state index in [9.17, 15) is 8.78 Å². The second-order valence-electron chi connectivity index (χ2n) is 3.42. The van der Waals surface area contributed by atoms with E-state index in [0.717, 1.165) is 18.6 Å². The van der Waals surface area contributed by atoms with Crippen molar-refractivity contribution in [1.82, 2.24) is 0 Å². The average Bonchev–Trinajstić information content (AvgIpc) is 2.36. The van der Waals surface area contributed by atoms with Gasteiger partial charge < -0.3 is 5.73 Å². The molecule has 0 spiro atoms. The maximum Gasteiger partial charge on any atom is 0.269 e. The monoisotopic (exact) mass is 179 g/mol. The molecule has 2 atom stereocenters. The second kappa shape index (κ2) is 2.10. The van der Waals surface area contributed by atoms with Crippen LogP contribution in [0.15, 0.2) is 0 Å². The minimum Gasteiger partial charge on any atom is -0.319 e. The fourth-order valence-electron chi connectivity index (χ4n) is 1.66. The number of hydrogen-bond acceptors (Lipinski definition) is 2. The lowest BCUT2D eigenvalue weighted by atomic mass is 10.1. The van der Waals surface area contributed by atoms with Gasteiger partial charge in [0.2, 0.25) is 0 Å². The molecule has 0 aromatic carbocycles. The molecule has 2 rings (SSSR count). The first-order valence-electron chi connectivity index (χ1n) is 3.85. The Labute approximate surface area is 68.7 Å². The molecule has 1 saturated heterocycles. The smallest absolute Gasteiger partial charge is 0.269 e. The maximum absolute atomic E-state index is 12.7. The van der Waals surface area contributed by atoms with Crippen LogP contribution >= 0.6 is 11.8 Å². The van der Waals surface area contributed by atoms with Crippen LogP contribution in [0.4, 0.5) is 8.78 Å². The summed E-state index contributed by atoms with van der Waals surface area (Å²) in [6.07, 6.45) is 1.82. The molecule has 0 bridgehead atoms. The molecule has 11 heavy (non-hydrogen) atoms. The van der Waals surface area contributed by atoms with Crippen LogP contribution in [0.3, 0.4) is 0 Å². The van der Waals surface area contributed by atoms with Crippen LogP contribution in [0, 0.1) is 0 Å². The van der Waals surface area contributed by atoms with Crippen molar-refractivity contribution in [3.05, 3.63) is 0 Å². The molecule has 1 aliphatic heterocycles. The first-order valence-corrected chi connectivity index (χ1v) is 4.89. The van der Waals surface area contributed by atoms with Crippen molar-refractivity contribution in [2.45, 2.75) is 36.0 Å². The molecule has 64 valence electrons. The summed E-state index contributed by atoms with van der Waals surface area (Å²) < 4.78 is 25.4. The SMILES string of the molecule is NC1(C2CCCS2)CC1(F)F. The summed E-state index contributed by atoms with van der Waals surface area (Å²) in [6, 6.07) is 0. The zero-order valence-electron chi connectivity index (χ0n) is 6.15. The van der Waals surface area contributed by atoms with Gasteiger partial charge in [-0.3, -0.25) is 0 Å². The summed E-state index contributed by atoms with van der Waals surface area (Å²) in [5.74, 6) is -1.57. The molecule has 0 aromatic rings. The number of halogens is 2. The van der Waals surface area contributed by atoms with E-state index in [1.54, 1.807) is 11.8 Å². The molecule has 1 saturated carbocycles. The Bertz CT molecular complexity index is 179. The Kier molecular flexibility index (Phi) is 1.49. The van der Waals surface area contributed by atoms with Gasteiger partial charge in [0.05, 0.1) is 5.54 Å². The Morgan fingerprint density at radius 1 is 1.45 bits per heavy atom. The van der Waals surface area contributed by atoms with Gasteiger partial charge in [0.15, 0.2) is 0 Å². The van der Waals surface area contributed by atoms with Crippen LogP contribution in [-0.2, 0) is 0 Å². The van der Waals surface area contributed by atoms with E-state index in [-0.39, 0.29) is 11.7 Å². The van der Waals surface area contributed by atoms with Crippen molar-refractivity contribution in [2.75, 3.05) is 5.75 Å². The van der Waals surface area contributed by atoms with Gasteiger partial charge in [-0.1, -0.05) is 0 Å². The molecule has 2 N–H and O–H groups in total. The zero-order chi connectivity index (χ0) is 8.11. The fraction of sp³-hybridized carbons (Fsp3) is 1.00. The second-order valence-corrected chi connectivity index (χ2v) is 4.73. The van der Waals surface area contributed by atoms with Crippen LogP contribution in [-0.4, -0.2) is 22.5 Å². The first kappa shape index (κ1) is 7.80. The topological polar surface area (TPSA) is 26.0 Å². The number of thioether (sulfide) groups is 1. The van der Waals surface area contributed by atoms with Crippen LogP contribution in [0.25, 0.3) is 0 Å². The summed E-state index contributed by atoms with van der Waals surface area (Å²) in [6.45, 7) is 0. The molecular weight excluding hydrogens is 168 g/mol. The van der Waals surface area contributed by atoms with E-state index in [4.69, 9.17) is 5.73 Å². The first-order chi connectivity index (χ1) is 5.06. The lowest BCUT2D eigenvalue weighted by molar-refractivity contribution is 0.0886. The standard InChI is InChI=1S/C7H11F2NS/c8-7(9)4-6(7,10)5-2-1-3-11-5/h5H,1-4,10H2. The highest BCUT2D eigenvalue weighted by Crippen LogP contribution is 2.57. The van der Waals surface area contributed by atoms with Crippen molar-refractivity contribution < 1.29 is 8.78 Å². The van der Waals surface area contributed by atoms with Gasteiger partial charge >= 0.3 is 0 Å². The molecule has 0 amide bonds. The normalized spacial score (nSPS) is 47.7. The predicted octanol–water partition coefficient (Wildman–Crippen LogP) is 1.62. The molecule has 2 unspecified atom stereocenters. The average molecular weight is 179 g/mol. The van der Waals surface area contributed by atoms with Crippen molar-refractivity contribution in [3.8, 4) is 0 Å². The molecule has 2 aliphatic rings. The zero-order valence-corrected chi connectivity index (χ0v) is 6.96. The Hall–Kier alpha value is 0.170. The van der Waals surface area contributed by atoms with E-state index < -0.39 is 11.5 Å². The fourth-order valence-corrected chi connectivity index (χ4v) is 3.16. The van der Waals surface area contributed by atoms with Gasteiger partial charge in [-0.25, -0.2) is 8.78 Å². The minimum atomic E-state index is -2.57. The third-order valence-corrected chi connectivity index (χ3v) is 4.16. The molecule has 2 fully saturated rings. The van der Waals surface area contributed by atoms with Crippen molar-refractivity contribution >= 4 is 11.8 Å². The maximum atomic E-state index is 12.7. The lowest BCUT2D eigenvalue weighted by Gasteiger charge is -2.16. The van der Waals surface area contributed by atoms with Crippen molar-refractivity contribution in [1.29, 1.82) is 0 Å². The number of rotatable bonds is 1. The van der Waals surface area contributed by atoms with Gasteiger partial charge in [-0.05, 0) is 18.6 Å². The van der Waals surface area contributed by atoms with E-state index in [0.29, 0.717) is 0 Å². The van der Waals surface area contributed by atoms with E-state index in [1.807, 2.05) is 0 Å². The van der Waals surface area contributed by atoms with E-state index in [1.165, 1.54) is 0 Å². The van der Waals surface area contributed by atoms with Gasteiger partial charge in [0.25, 0.3) is 5.92 Å². The molecule has 1 nitrogen and oxygen atoms in total. The van der Waals surface area contributed by atoms with Gasteiger partial charge in [0.1, 0.15) is 0 Å². The van der Waals surface area contributed by atoms with Crippen LogP contribution in [0.1, 0.15) is 19.3 Å². The van der Waals surface area contributed by atoms with Crippen molar-refractivity contribution in [3.63, 3.8) is 0 Å². The van der Waals surface area contributed by atoms with E-state index >= 15 is 0 Å².